The lowest BCUT2D eigenvalue weighted by atomic mass is 10.0. The highest BCUT2D eigenvalue weighted by Gasteiger charge is 2.11. The van der Waals surface area contributed by atoms with Crippen molar-refractivity contribution < 1.29 is 24.2 Å². The second-order valence-electron chi connectivity index (χ2n) is 4.23. The van der Waals surface area contributed by atoms with Gasteiger partial charge in [0.05, 0.1) is 0 Å². The fourth-order valence-electron chi connectivity index (χ4n) is 1.87. The molecule has 21 heavy (non-hydrogen) atoms. The molecule has 0 atom stereocenters. The summed E-state index contributed by atoms with van der Waals surface area (Å²) in [6.07, 6.45) is 1.42. The van der Waals surface area contributed by atoms with Crippen molar-refractivity contribution in [3.63, 3.8) is 0 Å². The van der Waals surface area contributed by atoms with Crippen LogP contribution in [0.5, 0.6) is 0 Å². The Balaban J connectivity index is 2.09. The van der Waals surface area contributed by atoms with Crippen LogP contribution in [0.2, 0.25) is 0 Å². The zero-order chi connectivity index (χ0) is 15.2. The van der Waals surface area contributed by atoms with Gasteiger partial charge in [0.15, 0.2) is 6.61 Å². The Hall–Kier alpha value is -2.95. The number of aliphatic carboxylic acids is 1. The van der Waals surface area contributed by atoms with Gasteiger partial charge in [0.25, 0.3) is 0 Å². The van der Waals surface area contributed by atoms with E-state index in [-0.39, 0.29) is 5.78 Å². The molecule has 2 rings (SSSR count). The van der Waals surface area contributed by atoms with Crippen molar-refractivity contribution in [1.29, 1.82) is 0 Å². The summed E-state index contributed by atoms with van der Waals surface area (Å²) in [4.78, 5) is 33.6. The molecular formula is C16H12O5. The lowest BCUT2D eigenvalue weighted by molar-refractivity contribution is -0.137. The summed E-state index contributed by atoms with van der Waals surface area (Å²) < 4.78 is 4.72. The zero-order valence-corrected chi connectivity index (χ0v) is 11.0. The van der Waals surface area contributed by atoms with Crippen LogP contribution in [0.3, 0.4) is 0 Å². The first kappa shape index (κ1) is 14.5. The molecule has 0 saturated heterocycles. The standard InChI is InChI=1S/C16H12O5/c17-14(10-21-16(20)9-8-15(18)19)13-7-3-5-11-4-1-2-6-12(11)13/h1-9H,10H2,(H,18,19)/b9-8+. The molecule has 0 amide bonds. The molecule has 0 aliphatic heterocycles. The molecule has 1 N–H and O–H groups in total. The van der Waals surface area contributed by atoms with E-state index in [9.17, 15) is 14.4 Å². The SMILES string of the molecule is O=C(O)/C=C/C(=O)OCC(=O)c1cccc2ccccc12. The summed E-state index contributed by atoms with van der Waals surface area (Å²) in [5.74, 6) is -2.47. The number of ketones is 1. The number of carboxylic acids is 1. The van der Waals surface area contributed by atoms with Gasteiger partial charge in [-0.05, 0) is 10.8 Å². The van der Waals surface area contributed by atoms with Gasteiger partial charge in [-0.2, -0.15) is 0 Å². The fourth-order valence-corrected chi connectivity index (χ4v) is 1.87. The van der Waals surface area contributed by atoms with Gasteiger partial charge in [-0.25, -0.2) is 9.59 Å². The first-order chi connectivity index (χ1) is 10.1. The molecule has 0 saturated carbocycles. The minimum Gasteiger partial charge on any atom is -0.478 e. The maximum Gasteiger partial charge on any atom is 0.331 e. The number of carboxylic acid groups (broad SMARTS) is 1. The van der Waals surface area contributed by atoms with Crippen molar-refractivity contribution in [2.75, 3.05) is 6.61 Å². The number of ether oxygens (including phenoxy) is 1. The summed E-state index contributed by atoms with van der Waals surface area (Å²) in [5.41, 5.74) is 0.461. The number of fused-ring (bicyclic) bond motifs is 1. The molecule has 0 aliphatic carbocycles. The van der Waals surface area contributed by atoms with Crippen molar-refractivity contribution >= 4 is 28.5 Å². The summed E-state index contributed by atoms with van der Waals surface area (Å²) in [5, 5.41) is 10.1. The van der Waals surface area contributed by atoms with Crippen molar-refractivity contribution in [2.24, 2.45) is 0 Å². The minimum atomic E-state index is -1.26. The predicted octanol–water partition coefficient (Wildman–Crippen LogP) is 2.21. The molecule has 2 aromatic rings. The molecule has 0 aromatic heterocycles. The first-order valence-corrected chi connectivity index (χ1v) is 6.16. The van der Waals surface area contributed by atoms with E-state index in [0.717, 1.165) is 16.8 Å². The van der Waals surface area contributed by atoms with Gasteiger partial charge in [0.1, 0.15) is 0 Å². The van der Waals surface area contributed by atoms with Crippen molar-refractivity contribution in [1.82, 2.24) is 0 Å². The average molecular weight is 284 g/mol. The second kappa shape index (κ2) is 6.47. The number of hydrogen-bond donors (Lipinski definition) is 1. The maximum absolute atomic E-state index is 12.1. The third-order valence-corrected chi connectivity index (χ3v) is 2.80. The Morgan fingerprint density at radius 2 is 1.71 bits per heavy atom. The number of carbonyl (C=O) groups excluding carboxylic acids is 2. The topological polar surface area (TPSA) is 80.7 Å². The van der Waals surface area contributed by atoms with Crippen molar-refractivity contribution in [2.45, 2.75) is 0 Å². The average Bonchev–Trinajstić information content (AvgIpc) is 2.50. The lowest BCUT2D eigenvalue weighted by Gasteiger charge is -2.05. The van der Waals surface area contributed by atoms with Gasteiger partial charge in [0, 0.05) is 17.7 Å². The number of esters is 1. The molecule has 5 heteroatoms. The van der Waals surface area contributed by atoms with Gasteiger partial charge in [0.2, 0.25) is 5.78 Å². The molecule has 2 aromatic carbocycles. The monoisotopic (exact) mass is 284 g/mol. The number of carbonyl (C=O) groups is 3. The molecule has 5 nitrogen and oxygen atoms in total. The normalized spacial score (nSPS) is 10.7. The Kier molecular flexibility index (Phi) is 4.46. The van der Waals surface area contributed by atoms with E-state index in [2.05, 4.69) is 0 Å². The van der Waals surface area contributed by atoms with Crippen LogP contribution in [0, 0.1) is 0 Å². The smallest absolute Gasteiger partial charge is 0.331 e. The first-order valence-electron chi connectivity index (χ1n) is 6.16. The van der Waals surface area contributed by atoms with E-state index in [1.165, 1.54) is 0 Å². The van der Waals surface area contributed by atoms with Gasteiger partial charge in [-0.1, -0.05) is 42.5 Å². The van der Waals surface area contributed by atoms with Crippen molar-refractivity contribution in [3.8, 4) is 0 Å². The Bertz CT molecular complexity index is 725. The van der Waals surface area contributed by atoms with Crippen LogP contribution in [0.1, 0.15) is 10.4 Å². The largest absolute Gasteiger partial charge is 0.478 e. The molecule has 0 fully saturated rings. The molecule has 0 spiro atoms. The third kappa shape index (κ3) is 3.76. The Labute approximate surface area is 120 Å². The van der Waals surface area contributed by atoms with Gasteiger partial charge in [-0.3, -0.25) is 4.79 Å². The summed E-state index contributed by atoms with van der Waals surface area (Å²) >= 11 is 0. The van der Waals surface area contributed by atoms with E-state index in [1.54, 1.807) is 12.1 Å². The summed E-state index contributed by atoms with van der Waals surface area (Å²) in [7, 11) is 0. The highest BCUT2D eigenvalue weighted by Crippen LogP contribution is 2.18. The van der Waals surface area contributed by atoms with Gasteiger partial charge >= 0.3 is 11.9 Å². The number of hydrogen-bond acceptors (Lipinski definition) is 4. The second-order valence-corrected chi connectivity index (χ2v) is 4.23. The fraction of sp³-hybridized carbons (Fsp3) is 0.0625. The molecule has 0 unspecified atom stereocenters. The van der Waals surface area contributed by atoms with E-state index in [1.807, 2.05) is 30.3 Å². The number of benzene rings is 2. The van der Waals surface area contributed by atoms with E-state index in [0.29, 0.717) is 11.6 Å². The van der Waals surface area contributed by atoms with Gasteiger partial charge < -0.3 is 9.84 Å². The van der Waals surface area contributed by atoms with Crippen LogP contribution >= 0.6 is 0 Å². The van der Waals surface area contributed by atoms with Crippen molar-refractivity contribution in [3.05, 3.63) is 60.2 Å². The van der Waals surface area contributed by atoms with Crippen LogP contribution in [0.4, 0.5) is 0 Å². The maximum atomic E-state index is 12.1. The van der Waals surface area contributed by atoms with E-state index >= 15 is 0 Å². The summed E-state index contributed by atoms with van der Waals surface area (Å²) in [6.45, 7) is -0.434. The van der Waals surface area contributed by atoms with Crippen LogP contribution < -0.4 is 0 Å². The molecule has 0 heterocycles. The molecule has 106 valence electrons. The van der Waals surface area contributed by atoms with Crippen LogP contribution in [0.25, 0.3) is 10.8 Å². The molecule has 0 aliphatic rings. The highest BCUT2D eigenvalue weighted by molar-refractivity contribution is 6.09. The van der Waals surface area contributed by atoms with E-state index < -0.39 is 18.5 Å². The minimum absolute atomic E-state index is 0.344. The molecular weight excluding hydrogens is 272 g/mol. The van der Waals surface area contributed by atoms with E-state index in [4.69, 9.17) is 9.84 Å². The van der Waals surface area contributed by atoms with Crippen LogP contribution in [0.15, 0.2) is 54.6 Å². The Morgan fingerprint density at radius 3 is 2.48 bits per heavy atom. The van der Waals surface area contributed by atoms with Crippen LogP contribution in [-0.2, 0) is 14.3 Å². The Morgan fingerprint density at radius 1 is 1.00 bits per heavy atom. The predicted molar refractivity (Wildman–Crippen MR) is 76.0 cm³/mol. The lowest BCUT2D eigenvalue weighted by Crippen LogP contribution is -2.13. The highest BCUT2D eigenvalue weighted by atomic mass is 16.5. The number of Topliss-reactive ketones (excluding diaryl/α,β-unsaturated/α-hetero) is 1. The summed E-state index contributed by atoms with van der Waals surface area (Å²) in [6, 6.07) is 12.7. The van der Waals surface area contributed by atoms with Crippen LogP contribution in [-0.4, -0.2) is 29.4 Å². The third-order valence-electron chi connectivity index (χ3n) is 2.80. The molecule has 0 bridgehead atoms. The quantitative estimate of drug-likeness (QED) is 0.517. The zero-order valence-electron chi connectivity index (χ0n) is 11.0. The van der Waals surface area contributed by atoms with Gasteiger partial charge in [-0.15, -0.1) is 0 Å². The molecule has 0 radical (unpaired) electrons. The number of rotatable bonds is 5.